The van der Waals surface area contributed by atoms with E-state index in [4.69, 9.17) is 15.0 Å². The zero-order valence-electron chi connectivity index (χ0n) is 32.9. The van der Waals surface area contributed by atoms with Crippen molar-refractivity contribution in [2.45, 2.75) is 33.7 Å². The SMILES string of the molecule is C/C(=N\C(=N/C(C)c1cccc(-c2ccc(C)nc2C)c1)c1ccc(-c2c(-c3ccccc3)cc(-c3ccccc3)cc2-c2ccccc2)cc1)c1ccccc1. The molecule has 1 heterocycles. The summed E-state index contributed by atoms with van der Waals surface area (Å²) in [5.74, 6) is 0.694. The Labute approximate surface area is 336 Å². The summed E-state index contributed by atoms with van der Waals surface area (Å²) < 4.78 is 0. The molecule has 0 aliphatic heterocycles. The summed E-state index contributed by atoms with van der Waals surface area (Å²) in [5.41, 5.74) is 17.8. The monoisotopic (exact) mass is 735 g/mol. The third-order valence-corrected chi connectivity index (χ3v) is 10.5. The molecule has 3 nitrogen and oxygen atoms in total. The molecule has 276 valence electrons. The smallest absolute Gasteiger partial charge is 0.155 e. The van der Waals surface area contributed by atoms with Crippen molar-refractivity contribution in [1.29, 1.82) is 0 Å². The lowest BCUT2D eigenvalue weighted by atomic mass is 9.84. The lowest BCUT2D eigenvalue weighted by Crippen LogP contribution is -2.06. The number of aliphatic imine (C=N–C) groups is 2. The van der Waals surface area contributed by atoms with Crippen molar-refractivity contribution in [2.24, 2.45) is 9.98 Å². The van der Waals surface area contributed by atoms with Crippen LogP contribution in [0, 0.1) is 13.8 Å². The van der Waals surface area contributed by atoms with Gasteiger partial charge in [-0.1, -0.05) is 170 Å². The van der Waals surface area contributed by atoms with Crippen molar-refractivity contribution < 1.29 is 0 Å². The summed E-state index contributed by atoms with van der Waals surface area (Å²) in [5, 5.41) is 0. The zero-order valence-corrected chi connectivity index (χ0v) is 32.9. The minimum Gasteiger partial charge on any atom is -0.258 e. The molecule has 1 unspecified atom stereocenters. The van der Waals surface area contributed by atoms with Gasteiger partial charge in [-0.05, 0) is 113 Å². The highest BCUT2D eigenvalue weighted by molar-refractivity contribution is 6.12. The summed E-state index contributed by atoms with van der Waals surface area (Å²) in [6, 6.07) is 68.6. The molecule has 0 fully saturated rings. The Hall–Kier alpha value is -6.97. The molecule has 0 aliphatic rings. The van der Waals surface area contributed by atoms with E-state index in [1.807, 2.05) is 25.1 Å². The van der Waals surface area contributed by atoms with Crippen LogP contribution in [0.1, 0.15) is 48.0 Å². The molecule has 0 saturated carbocycles. The number of pyridine rings is 1. The van der Waals surface area contributed by atoms with Gasteiger partial charge in [-0.2, -0.15) is 0 Å². The Balaban J connectivity index is 1.25. The van der Waals surface area contributed by atoms with Crippen LogP contribution in [0.15, 0.2) is 204 Å². The van der Waals surface area contributed by atoms with Gasteiger partial charge in [0.25, 0.3) is 0 Å². The van der Waals surface area contributed by atoms with E-state index in [-0.39, 0.29) is 6.04 Å². The first kappa shape index (κ1) is 37.0. The fourth-order valence-electron chi connectivity index (χ4n) is 7.51. The van der Waals surface area contributed by atoms with Crippen LogP contribution < -0.4 is 0 Å². The van der Waals surface area contributed by atoms with Crippen molar-refractivity contribution in [1.82, 2.24) is 4.98 Å². The number of aromatic nitrogens is 1. The van der Waals surface area contributed by atoms with Crippen LogP contribution in [-0.2, 0) is 0 Å². The summed E-state index contributed by atoms with van der Waals surface area (Å²) in [6.45, 7) is 8.31. The minimum absolute atomic E-state index is 0.148. The third-order valence-electron chi connectivity index (χ3n) is 10.5. The van der Waals surface area contributed by atoms with E-state index in [0.717, 1.165) is 50.5 Å². The van der Waals surface area contributed by atoms with Gasteiger partial charge in [0.15, 0.2) is 5.84 Å². The van der Waals surface area contributed by atoms with E-state index in [1.54, 1.807) is 0 Å². The Morgan fingerprint density at radius 3 is 1.58 bits per heavy atom. The first-order valence-electron chi connectivity index (χ1n) is 19.6. The molecule has 3 heteroatoms. The number of hydrogen-bond acceptors (Lipinski definition) is 2. The number of hydrogen-bond donors (Lipinski definition) is 0. The molecular weight excluding hydrogens is 691 g/mol. The molecule has 0 bridgehead atoms. The molecule has 1 aromatic heterocycles. The van der Waals surface area contributed by atoms with E-state index in [2.05, 4.69) is 197 Å². The number of aryl methyl sites for hydroxylation is 2. The average Bonchev–Trinajstić information content (AvgIpc) is 3.27. The van der Waals surface area contributed by atoms with Gasteiger partial charge < -0.3 is 0 Å². The highest BCUT2D eigenvalue weighted by Crippen LogP contribution is 2.43. The molecule has 0 radical (unpaired) electrons. The number of amidine groups is 1. The van der Waals surface area contributed by atoms with Crippen LogP contribution in [-0.4, -0.2) is 16.5 Å². The molecule has 8 aromatic rings. The largest absolute Gasteiger partial charge is 0.258 e. The van der Waals surface area contributed by atoms with E-state index < -0.39 is 0 Å². The van der Waals surface area contributed by atoms with Gasteiger partial charge in [-0.15, -0.1) is 0 Å². The Kier molecular flexibility index (Phi) is 10.9. The molecule has 0 aliphatic carbocycles. The summed E-state index contributed by atoms with van der Waals surface area (Å²) in [7, 11) is 0. The van der Waals surface area contributed by atoms with Crippen molar-refractivity contribution in [2.75, 3.05) is 0 Å². The molecule has 1 atom stereocenters. The summed E-state index contributed by atoms with van der Waals surface area (Å²) in [4.78, 5) is 15.3. The second kappa shape index (κ2) is 16.8. The van der Waals surface area contributed by atoms with E-state index in [1.165, 1.54) is 38.9 Å². The zero-order chi connectivity index (χ0) is 39.1. The normalized spacial score (nSPS) is 12.4. The third kappa shape index (κ3) is 8.34. The maximum absolute atomic E-state index is 5.35. The first-order chi connectivity index (χ1) is 27.9. The lowest BCUT2D eigenvalue weighted by Gasteiger charge is -2.19. The van der Waals surface area contributed by atoms with Crippen molar-refractivity contribution in [3.8, 4) is 55.6 Å². The van der Waals surface area contributed by atoms with Crippen LogP contribution in [0.2, 0.25) is 0 Å². The van der Waals surface area contributed by atoms with Gasteiger partial charge >= 0.3 is 0 Å². The molecule has 0 N–H and O–H groups in total. The molecular formula is C54H45N3. The van der Waals surface area contributed by atoms with Gasteiger partial charge in [-0.25, -0.2) is 4.99 Å². The van der Waals surface area contributed by atoms with Gasteiger partial charge in [0.05, 0.1) is 6.04 Å². The Bertz CT molecular complexity index is 2620. The number of benzene rings is 7. The van der Waals surface area contributed by atoms with E-state index in [9.17, 15) is 0 Å². The van der Waals surface area contributed by atoms with Crippen LogP contribution in [0.25, 0.3) is 55.6 Å². The summed E-state index contributed by atoms with van der Waals surface area (Å²) in [6.07, 6.45) is 0. The predicted molar refractivity (Wildman–Crippen MR) is 241 cm³/mol. The maximum Gasteiger partial charge on any atom is 0.155 e. The van der Waals surface area contributed by atoms with Gasteiger partial charge in [-0.3, -0.25) is 9.98 Å². The maximum atomic E-state index is 5.35. The highest BCUT2D eigenvalue weighted by atomic mass is 14.9. The van der Waals surface area contributed by atoms with Crippen LogP contribution in [0.4, 0.5) is 0 Å². The first-order valence-corrected chi connectivity index (χ1v) is 19.6. The number of rotatable bonds is 9. The number of nitrogens with zero attached hydrogens (tertiary/aromatic N) is 3. The molecule has 8 rings (SSSR count). The van der Waals surface area contributed by atoms with Gasteiger partial charge in [0.1, 0.15) is 0 Å². The fraction of sp³-hybridized carbons (Fsp3) is 0.0926. The van der Waals surface area contributed by atoms with E-state index >= 15 is 0 Å². The van der Waals surface area contributed by atoms with E-state index in [0.29, 0.717) is 5.84 Å². The van der Waals surface area contributed by atoms with Crippen LogP contribution >= 0.6 is 0 Å². The Morgan fingerprint density at radius 2 is 1.00 bits per heavy atom. The van der Waals surface area contributed by atoms with Crippen LogP contribution in [0.5, 0.6) is 0 Å². The van der Waals surface area contributed by atoms with Crippen molar-refractivity contribution in [3.63, 3.8) is 0 Å². The average molecular weight is 736 g/mol. The molecule has 0 spiro atoms. The standard InChI is InChI=1S/C54H45N3/c1-37-28-33-50(40(4)55-37)48-27-17-26-47(34-48)39(3)57-54(56-38(2)41-18-9-5-10-19-41)46-31-29-45(30-32-46)53-51(43-22-13-7-14-23-43)35-49(42-20-11-6-12-21-42)36-52(53)44-24-15-8-16-25-44/h5-36,39H,1-4H3/b56-38+,57-54-. The molecule has 0 saturated heterocycles. The van der Waals surface area contributed by atoms with Gasteiger partial charge in [0, 0.05) is 28.2 Å². The topological polar surface area (TPSA) is 37.6 Å². The molecule has 7 aromatic carbocycles. The fourth-order valence-corrected chi connectivity index (χ4v) is 7.51. The highest BCUT2D eigenvalue weighted by Gasteiger charge is 2.18. The molecule has 0 amide bonds. The lowest BCUT2D eigenvalue weighted by molar-refractivity contribution is 0.819. The second-order valence-electron chi connectivity index (χ2n) is 14.5. The van der Waals surface area contributed by atoms with Crippen LogP contribution in [0.3, 0.4) is 0 Å². The quantitative estimate of drug-likeness (QED) is 0.107. The van der Waals surface area contributed by atoms with Crippen molar-refractivity contribution in [3.05, 3.63) is 222 Å². The predicted octanol–water partition coefficient (Wildman–Crippen LogP) is 14.1. The second-order valence-corrected chi connectivity index (χ2v) is 14.5. The Morgan fingerprint density at radius 1 is 0.456 bits per heavy atom. The molecule has 57 heavy (non-hydrogen) atoms. The van der Waals surface area contributed by atoms with Gasteiger partial charge in [0.2, 0.25) is 0 Å². The summed E-state index contributed by atoms with van der Waals surface area (Å²) >= 11 is 0. The minimum atomic E-state index is -0.148. The van der Waals surface area contributed by atoms with Crippen molar-refractivity contribution >= 4 is 11.5 Å².